The van der Waals surface area contributed by atoms with E-state index in [1.165, 1.54) is 22.3 Å². The van der Waals surface area contributed by atoms with Gasteiger partial charge < -0.3 is 9.72 Å². The molecule has 0 aliphatic carbocycles. The van der Waals surface area contributed by atoms with Crippen molar-refractivity contribution in [3.63, 3.8) is 0 Å². The molecule has 0 spiro atoms. The molecule has 0 amide bonds. The maximum atomic E-state index is 11.9. The summed E-state index contributed by atoms with van der Waals surface area (Å²) in [7, 11) is 0. The normalized spacial score (nSPS) is 11.1. The fourth-order valence-electron chi connectivity index (χ4n) is 2.39. The summed E-state index contributed by atoms with van der Waals surface area (Å²) in [5.74, 6) is -0.320. The van der Waals surface area contributed by atoms with E-state index in [9.17, 15) is 4.79 Å². The lowest BCUT2D eigenvalue weighted by molar-refractivity contribution is 0.0519. The number of fused-ring (bicyclic) bond motifs is 1. The number of aromatic nitrogens is 1. The van der Waals surface area contributed by atoms with Crippen molar-refractivity contribution in [1.82, 2.24) is 4.98 Å². The number of benzene rings is 1. The van der Waals surface area contributed by atoms with Crippen molar-refractivity contribution in [2.45, 2.75) is 34.6 Å². The lowest BCUT2D eigenvalue weighted by Gasteiger charge is -2.10. The van der Waals surface area contributed by atoms with Crippen molar-refractivity contribution in [2.24, 2.45) is 0 Å². The lowest BCUT2D eigenvalue weighted by Crippen LogP contribution is -2.05. The van der Waals surface area contributed by atoms with E-state index < -0.39 is 0 Å². The number of H-pyrrole nitrogens is 1. The highest BCUT2D eigenvalue weighted by Gasteiger charge is 2.21. The van der Waals surface area contributed by atoms with Crippen molar-refractivity contribution in [1.29, 1.82) is 0 Å². The van der Waals surface area contributed by atoms with Crippen LogP contribution in [-0.2, 0) is 4.74 Å². The molecule has 2 aromatic rings. The van der Waals surface area contributed by atoms with E-state index in [0.717, 1.165) is 15.4 Å². The average Bonchev–Trinajstić information content (AvgIpc) is 2.72. The van der Waals surface area contributed by atoms with Gasteiger partial charge in [0.15, 0.2) is 0 Å². The van der Waals surface area contributed by atoms with Crippen LogP contribution in [0.1, 0.15) is 39.7 Å². The molecule has 0 aliphatic heterocycles. The number of carbonyl (C=O) groups excluding carboxylic acids is 1. The molecule has 0 unspecified atom stereocenters. The maximum absolute atomic E-state index is 11.9. The molecule has 0 radical (unpaired) electrons. The largest absolute Gasteiger partial charge is 0.461 e. The Hall–Kier alpha value is -1.29. The molecule has 0 bridgehead atoms. The summed E-state index contributed by atoms with van der Waals surface area (Å²) in [5, 5.41) is 1.07. The van der Waals surface area contributed by atoms with Gasteiger partial charge >= 0.3 is 5.97 Å². The van der Waals surface area contributed by atoms with Crippen LogP contribution in [-0.4, -0.2) is 17.6 Å². The van der Waals surface area contributed by atoms with E-state index in [0.29, 0.717) is 12.3 Å². The minimum absolute atomic E-state index is 0.320. The van der Waals surface area contributed by atoms with E-state index in [4.69, 9.17) is 4.74 Å². The first-order valence-electron chi connectivity index (χ1n) is 6.34. The minimum Gasteiger partial charge on any atom is -0.461 e. The van der Waals surface area contributed by atoms with Gasteiger partial charge in [-0.15, -0.1) is 0 Å². The van der Waals surface area contributed by atoms with Crippen LogP contribution >= 0.6 is 15.9 Å². The van der Waals surface area contributed by atoms with E-state index in [1.807, 2.05) is 0 Å². The van der Waals surface area contributed by atoms with Gasteiger partial charge in [0.2, 0.25) is 0 Å². The van der Waals surface area contributed by atoms with Crippen LogP contribution in [0.25, 0.3) is 10.9 Å². The van der Waals surface area contributed by atoms with E-state index in [1.54, 1.807) is 6.92 Å². The summed E-state index contributed by atoms with van der Waals surface area (Å²) in [6.07, 6.45) is 0. The molecule has 0 saturated heterocycles. The predicted octanol–water partition coefficient (Wildman–Crippen LogP) is 4.34. The van der Waals surface area contributed by atoms with E-state index in [2.05, 4.69) is 48.6 Å². The summed E-state index contributed by atoms with van der Waals surface area (Å²) in [6, 6.07) is 0. The van der Waals surface area contributed by atoms with Crippen LogP contribution in [0.15, 0.2) is 4.47 Å². The number of hydrogen-bond acceptors (Lipinski definition) is 2. The number of ether oxygens (including phenoxy) is 1. The second-order valence-electron chi connectivity index (χ2n) is 4.78. The quantitative estimate of drug-likeness (QED) is 0.835. The van der Waals surface area contributed by atoms with Crippen LogP contribution in [0.5, 0.6) is 0 Å². The Kier molecular flexibility index (Phi) is 3.72. The highest BCUT2D eigenvalue weighted by atomic mass is 79.9. The Morgan fingerprint density at radius 3 is 2.26 bits per heavy atom. The molecule has 1 aromatic carbocycles. The third kappa shape index (κ3) is 2.08. The minimum atomic E-state index is -0.320. The summed E-state index contributed by atoms with van der Waals surface area (Å²) in [6.45, 7) is 10.5. The van der Waals surface area contributed by atoms with Crippen LogP contribution in [0, 0.1) is 27.7 Å². The van der Waals surface area contributed by atoms with Gasteiger partial charge in [-0.1, -0.05) is 0 Å². The Bertz CT molecular complexity index is 671. The summed E-state index contributed by atoms with van der Waals surface area (Å²) < 4.78 is 5.87. The van der Waals surface area contributed by atoms with Crippen LogP contribution < -0.4 is 0 Å². The molecule has 2 rings (SSSR count). The van der Waals surface area contributed by atoms with Crippen molar-refractivity contribution in [3.8, 4) is 0 Å². The molecule has 1 N–H and O–H groups in total. The zero-order valence-electron chi connectivity index (χ0n) is 11.9. The maximum Gasteiger partial charge on any atom is 0.355 e. The molecule has 0 aliphatic rings. The van der Waals surface area contributed by atoms with Crippen molar-refractivity contribution >= 4 is 32.8 Å². The number of aromatic amines is 1. The van der Waals surface area contributed by atoms with Crippen LogP contribution in [0.2, 0.25) is 0 Å². The number of hydrogen-bond donors (Lipinski definition) is 1. The number of esters is 1. The molecule has 19 heavy (non-hydrogen) atoms. The number of halogens is 1. The Morgan fingerprint density at radius 1 is 1.11 bits per heavy atom. The standard InChI is InChI=1S/C15H18BrNO2/c1-6-19-15(18)14-12(16)11-9(4)7(2)8(3)10(5)13(11)17-14/h17H,6H2,1-5H3. The first-order valence-corrected chi connectivity index (χ1v) is 7.14. The fourth-order valence-corrected chi connectivity index (χ4v) is 3.15. The number of nitrogens with one attached hydrogen (secondary N) is 1. The summed E-state index contributed by atoms with van der Waals surface area (Å²) >= 11 is 3.53. The molecule has 0 atom stereocenters. The zero-order valence-corrected chi connectivity index (χ0v) is 13.5. The van der Waals surface area contributed by atoms with Crippen LogP contribution in [0.4, 0.5) is 0 Å². The molecular weight excluding hydrogens is 306 g/mol. The third-order valence-electron chi connectivity index (χ3n) is 3.86. The molecule has 1 aromatic heterocycles. The molecule has 3 nitrogen and oxygen atoms in total. The van der Waals surface area contributed by atoms with Gasteiger partial charge in [-0.2, -0.15) is 0 Å². The Labute approximate surface area is 121 Å². The van der Waals surface area contributed by atoms with Gasteiger partial charge in [0.05, 0.1) is 16.6 Å². The van der Waals surface area contributed by atoms with Crippen molar-refractivity contribution in [3.05, 3.63) is 32.4 Å². The fraction of sp³-hybridized carbons (Fsp3) is 0.400. The second-order valence-corrected chi connectivity index (χ2v) is 5.58. The third-order valence-corrected chi connectivity index (χ3v) is 4.65. The van der Waals surface area contributed by atoms with Crippen molar-refractivity contribution in [2.75, 3.05) is 6.61 Å². The second kappa shape index (κ2) is 5.00. The van der Waals surface area contributed by atoms with Gasteiger partial charge in [0.1, 0.15) is 5.69 Å². The van der Waals surface area contributed by atoms with Gasteiger partial charge in [0.25, 0.3) is 0 Å². The zero-order chi connectivity index (χ0) is 14.3. The topological polar surface area (TPSA) is 42.1 Å². The van der Waals surface area contributed by atoms with Crippen molar-refractivity contribution < 1.29 is 9.53 Å². The predicted molar refractivity (Wildman–Crippen MR) is 80.9 cm³/mol. The van der Waals surface area contributed by atoms with E-state index >= 15 is 0 Å². The Morgan fingerprint density at radius 2 is 1.68 bits per heavy atom. The lowest BCUT2D eigenvalue weighted by atomic mass is 9.96. The van der Waals surface area contributed by atoms with Crippen LogP contribution in [0.3, 0.4) is 0 Å². The molecule has 0 fully saturated rings. The summed E-state index contributed by atoms with van der Waals surface area (Å²) in [4.78, 5) is 15.1. The number of carbonyl (C=O) groups is 1. The highest BCUT2D eigenvalue weighted by molar-refractivity contribution is 9.10. The molecule has 0 saturated carbocycles. The monoisotopic (exact) mass is 323 g/mol. The van der Waals surface area contributed by atoms with Gasteiger partial charge in [0, 0.05) is 5.39 Å². The number of rotatable bonds is 2. The highest BCUT2D eigenvalue weighted by Crippen LogP contribution is 2.36. The van der Waals surface area contributed by atoms with Gasteiger partial charge in [-0.3, -0.25) is 0 Å². The first kappa shape index (κ1) is 14.1. The smallest absolute Gasteiger partial charge is 0.355 e. The first-order chi connectivity index (χ1) is 8.90. The molecule has 102 valence electrons. The molecule has 4 heteroatoms. The molecule has 1 heterocycles. The Balaban J connectivity index is 2.81. The van der Waals surface area contributed by atoms with Gasteiger partial charge in [-0.25, -0.2) is 4.79 Å². The van der Waals surface area contributed by atoms with E-state index in [-0.39, 0.29) is 5.97 Å². The SMILES string of the molecule is CCOC(=O)c1[nH]c2c(C)c(C)c(C)c(C)c2c1Br. The summed E-state index contributed by atoms with van der Waals surface area (Å²) in [5.41, 5.74) is 6.39. The van der Waals surface area contributed by atoms with Gasteiger partial charge in [-0.05, 0) is 72.8 Å². The molecular formula is C15H18BrNO2. The average molecular weight is 324 g/mol. The number of aryl methyl sites for hydroxylation is 2.